The van der Waals surface area contributed by atoms with Crippen LogP contribution in [0.4, 0.5) is 9.80 Å². The van der Waals surface area contributed by atoms with Crippen LogP contribution in [0.5, 0.6) is 0 Å². The summed E-state index contributed by atoms with van der Waals surface area (Å²) in [6.07, 6.45) is 1.63. The van der Waals surface area contributed by atoms with Crippen LogP contribution in [0.25, 0.3) is 6.08 Å². The molecule has 140 valence electrons. The zero-order valence-corrected chi connectivity index (χ0v) is 16.5. The quantitative estimate of drug-likeness (QED) is 0.564. The summed E-state index contributed by atoms with van der Waals surface area (Å²) in [5, 5.41) is 5.89. The molecule has 1 N–H and O–H groups in total. The summed E-state index contributed by atoms with van der Waals surface area (Å²) >= 11 is 3.40. The first-order valence-electron chi connectivity index (χ1n) is 7.83. The Hall–Kier alpha value is -2.43. The summed E-state index contributed by atoms with van der Waals surface area (Å²) in [5.41, 5.74) is 0.238. The van der Waals surface area contributed by atoms with Gasteiger partial charge >= 0.3 is 5.97 Å². The zero-order valence-electron chi connectivity index (χ0n) is 14.1. The van der Waals surface area contributed by atoms with Crippen LogP contribution in [0.15, 0.2) is 33.9 Å². The number of esters is 1. The number of carbonyl (C=O) groups excluding carboxylic acids is 4. The Morgan fingerprint density at radius 1 is 1.22 bits per heavy atom. The Bertz CT molecular complexity index is 917. The normalized spacial score (nSPS) is 15.4. The van der Waals surface area contributed by atoms with E-state index >= 15 is 0 Å². The number of amides is 3. The second-order valence-corrected chi connectivity index (χ2v) is 8.10. The van der Waals surface area contributed by atoms with Crippen molar-refractivity contribution in [2.75, 3.05) is 18.5 Å². The molecule has 1 aliphatic heterocycles. The summed E-state index contributed by atoms with van der Waals surface area (Å²) in [7, 11) is 0. The van der Waals surface area contributed by atoms with Crippen LogP contribution in [0.2, 0.25) is 0 Å². The fraction of sp³-hybridized carbons (Fsp3) is 0.176. The maximum absolute atomic E-state index is 12.4. The van der Waals surface area contributed by atoms with Crippen molar-refractivity contribution in [3.05, 3.63) is 44.3 Å². The number of nitrogens with one attached hydrogen (secondary N) is 1. The lowest BCUT2D eigenvalue weighted by Crippen LogP contribution is -2.36. The van der Waals surface area contributed by atoms with Gasteiger partial charge in [0, 0.05) is 4.88 Å². The smallest absolute Gasteiger partial charge is 0.341 e. The highest BCUT2D eigenvalue weighted by Gasteiger charge is 2.36. The first-order chi connectivity index (χ1) is 13.0. The average Bonchev–Trinajstić information content (AvgIpc) is 3.34. The van der Waals surface area contributed by atoms with Gasteiger partial charge in [-0.2, -0.15) is 0 Å². The van der Waals surface area contributed by atoms with E-state index in [0.29, 0.717) is 5.00 Å². The van der Waals surface area contributed by atoms with Gasteiger partial charge in [-0.15, -0.1) is 22.7 Å². The van der Waals surface area contributed by atoms with Crippen molar-refractivity contribution >= 4 is 68.5 Å². The van der Waals surface area contributed by atoms with Gasteiger partial charge in [0.2, 0.25) is 5.91 Å². The van der Waals surface area contributed by atoms with Crippen molar-refractivity contribution in [3.63, 3.8) is 0 Å². The number of ether oxygens (including phenoxy) is 1. The lowest BCUT2D eigenvalue weighted by molar-refractivity contribution is -0.127. The van der Waals surface area contributed by atoms with Crippen molar-refractivity contribution in [1.82, 2.24) is 4.90 Å². The van der Waals surface area contributed by atoms with Crippen molar-refractivity contribution in [2.24, 2.45) is 0 Å². The van der Waals surface area contributed by atoms with E-state index in [1.54, 1.807) is 24.4 Å². The minimum atomic E-state index is -0.567. The van der Waals surface area contributed by atoms with Gasteiger partial charge in [0.05, 0.1) is 17.1 Å². The molecule has 3 rings (SSSR count). The molecule has 1 saturated heterocycles. The second kappa shape index (κ2) is 8.51. The molecule has 3 amide bonds. The molecule has 0 atom stereocenters. The highest BCUT2D eigenvalue weighted by atomic mass is 32.2. The SMILES string of the molecule is CCOC(=O)c1ccsc1NC(=O)CN1C(=O)S/C(=C\c2cccs2)C1=O. The molecule has 0 spiro atoms. The minimum absolute atomic E-state index is 0.218. The fourth-order valence-electron chi connectivity index (χ4n) is 2.22. The molecule has 2 aromatic rings. The first kappa shape index (κ1) is 19.3. The van der Waals surface area contributed by atoms with Crippen LogP contribution in [0.3, 0.4) is 0 Å². The number of imide groups is 1. The van der Waals surface area contributed by atoms with E-state index < -0.39 is 29.6 Å². The van der Waals surface area contributed by atoms with Gasteiger partial charge in [0.25, 0.3) is 11.1 Å². The fourth-order valence-corrected chi connectivity index (χ4v) is 4.58. The van der Waals surface area contributed by atoms with Crippen LogP contribution in [-0.2, 0) is 14.3 Å². The third-order valence-corrected chi connectivity index (χ3v) is 5.96. The molecule has 1 aliphatic rings. The number of anilines is 1. The summed E-state index contributed by atoms with van der Waals surface area (Å²) < 4.78 is 4.93. The highest BCUT2D eigenvalue weighted by Crippen LogP contribution is 2.33. The lowest BCUT2D eigenvalue weighted by atomic mass is 10.3. The summed E-state index contributed by atoms with van der Waals surface area (Å²) in [6.45, 7) is 1.48. The van der Waals surface area contributed by atoms with Gasteiger partial charge in [-0.3, -0.25) is 19.3 Å². The van der Waals surface area contributed by atoms with Gasteiger partial charge in [0.1, 0.15) is 11.5 Å². The predicted octanol–water partition coefficient (Wildman–Crippen LogP) is 3.66. The first-order valence-corrected chi connectivity index (χ1v) is 10.4. The van der Waals surface area contributed by atoms with Gasteiger partial charge in [-0.05, 0) is 47.7 Å². The number of thioether (sulfide) groups is 1. The number of thiophene rings is 2. The van der Waals surface area contributed by atoms with E-state index in [1.807, 2.05) is 17.5 Å². The predicted molar refractivity (Wildman–Crippen MR) is 106 cm³/mol. The summed E-state index contributed by atoms with van der Waals surface area (Å²) in [4.78, 5) is 50.7. The largest absolute Gasteiger partial charge is 0.462 e. The number of hydrogen-bond acceptors (Lipinski definition) is 8. The molecule has 7 nitrogen and oxygen atoms in total. The lowest BCUT2D eigenvalue weighted by Gasteiger charge is -2.12. The number of rotatable bonds is 6. The van der Waals surface area contributed by atoms with Crippen LogP contribution in [0.1, 0.15) is 22.2 Å². The average molecular weight is 423 g/mol. The Morgan fingerprint density at radius 2 is 2.04 bits per heavy atom. The molecule has 0 saturated carbocycles. The molecule has 10 heteroatoms. The van der Waals surface area contributed by atoms with E-state index in [-0.39, 0.29) is 17.1 Å². The van der Waals surface area contributed by atoms with E-state index in [2.05, 4.69) is 5.32 Å². The molecule has 1 fully saturated rings. The van der Waals surface area contributed by atoms with Gasteiger partial charge in [-0.25, -0.2) is 4.79 Å². The highest BCUT2D eigenvalue weighted by molar-refractivity contribution is 8.18. The van der Waals surface area contributed by atoms with E-state index in [1.165, 1.54) is 11.3 Å². The molecule has 27 heavy (non-hydrogen) atoms. The van der Waals surface area contributed by atoms with Gasteiger partial charge < -0.3 is 10.1 Å². The third kappa shape index (κ3) is 4.46. The third-order valence-electron chi connectivity index (χ3n) is 3.41. The molecular weight excluding hydrogens is 408 g/mol. The Balaban J connectivity index is 1.66. The summed E-state index contributed by atoms with van der Waals surface area (Å²) in [6, 6.07) is 5.22. The summed E-state index contributed by atoms with van der Waals surface area (Å²) in [5.74, 6) is -1.62. The molecule has 0 aliphatic carbocycles. The number of hydrogen-bond donors (Lipinski definition) is 1. The number of carbonyl (C=O) groups is 4. The van der Waals surface area contributed by atoms with Crippen molar-refractivity contribution in [2.45, 2.75) is 6.92 Å². The van der Waals surface area contributed by atoms with E-state index in [4.69, 9.17) is 4.74 Å². The standard InChI is InChI=1S/C17H14N2O5S3/c1-2-24-16(22)11-5-7-26-14(11)18-13(20)9-19-15(21)12(27-17(19)23)8-10-4-3-6-25-10/h3-8H,2,9H2,1H3,(H,18,20)/b12-8-. The maximum atomic E-state index is 12.4. The van der Waals surface area contributed by atoms with Crippen LogP contribution in [0, 0.1) is 0 Å². The van der Waals surface area contributed by atoms with Crippen molar-refractivity contribution in [3.8, 4) is 0 Å². The second-order valence-electron chi connectivity index (χ2n) is 5.22. The molecule has 3 heterocycles. The maximum Gasteiger partial charge on any atom is 0.341 e. The monoisotopic (exact) mass is 422 g/mol. The van der Waals surface area contributed by atoms with Crippen molar-refractivity contribution in [1.29, 1.82) is 0 Å². The van der Waals surface area contributed by atoms with Crippen LogP contribution < -0.4 is 5.32 Å². The van der Waals surface area contributed by atoms with Gasteiger partial charge in [-0.1, -0.05) is 6.07 Å². The Morgan fingerprint density at radius 3 is 2.74 bits per heavy atom. The minimum Gasteiger partial charge on any atom is -0.462 e. The molecular formula is C17H14N2O5S3. The molecule has 0 bridgehead atoms. The Kier molecular flexibility index (Phi) is 6.09. The van der Waals surface area contributed by atoms with Crippen LogP contribution >= 0.6 is 34.4 Å². The molecule has 0 unspecified atom stereocenters. The molecule has 2 aromatic heterocycles. The van der Waals surface area contributed by atoms with Crippen molar-refractivity contribution < 1.29 is 23.9 Å². The Labute approximate surface area is 167 Å². The molecule has 0 radical (unpaired) electrons. The molecule has 0 aromatic carbocycles. The van der Waals surface area contributed by atoms with Crippen LogP contribution in [-0.4, -0.2) is 41.1 Å². The van der Waals surface area contributed by atoms with E-state index in [0.717, 1.165) is 32.9 Å². The number of nitrogens with zero attached hydrogens (tertiary/aromatic N) is 1. The zero-order chi connectivity index (χ0) is 19.4. The van der Waals surface area contributed by atoms with Gasteiger partial charge in [0.15, 0.2) is 0 Å². The van der Waals surface area contributed by atoms with E-state index in [9.17, 15) is 19.2 Å². The topological polar surface area (TPSA) is 92.8 Å².